The van der Waals surface area contributed by atoms with E-state index in [9.17, 15) is 9.90 Å². The monoisotopic (exact) mass is 289 g/mol. The number of carbonyl (C=O) groups excluding carboxylic acids is 1. The molecule has 0 heterocycles. The molecule has 0 aliphatic rings. The average molecular weight is 289 g/mol. The van der Waals surface area contributed by atoms with Gasteiger partial charge in [-0.3, -0.25) is 0 Å². The summed E-state index contributed by atoms with van der Waals surface area (Å²) in [6, 6.07) is 8.81. The largest absolute Gasteiger partial charge is 0.389 e. The van der Waals surface area contributed by atoms with Crippen molar-refractivity contribution in [2.75, 3.05) is 13.1 Å². The predicted octanol–water partition coefficient (Wildman–Crippen LogP) is 2.42. The van der Waals surface area contributed by atoms with Crippen LogP contribution in [0, 0.1) is 11.3 Å². The maximum Gasteiger partial charge on any atom is 0.317 e. The summed E-state index contributed by atoms with van der Waals surface area (Å²) < 4.78 is 0. The second-order valence-corrected chi connectivity index (χ2v) is 5.74. The highest BCUT2D eigenvalue weighted by Crippen LogP contribution is 2.15. The molecule has 1 atom stereocenters. The first-order valence-corrected chi connectivity index (χ1v) is 7.04. The molecule has 5 heteroatoms. The molecule has 1 aromatic rings. The molecule has 0 saturated heterocycles. The van der Waals surface area contributed by atoms with E-state index in [0.29, 0.717) is 12.1 Å². The van der Waals surface area contributed by atoms with E-state index >= 15 is 0 Å². The smallest absolute Gasteiger partial charge is 0.317 e. The maximum absolute atomic E-state index is 12.2. The summed E-state index contributed by atoms with van der Waals surface area (Å²) in [5.74, 6) is 0. The molecule has 0 radical (unpaired) electrons. The van der Waals surface area contributed by atoms with Crippen LogP contribution in [-0.2, 0) is 0 Å². The molecule has 1 rings (SSSR count). The fourth-order valence-electron chi connectivity index (χ4n) is 2.03. The lowest BCUT2D eigenvalue weighted by atomic mass is 10.1. The molecular formula is C16H23N3O2. The Kier molecular flexibility index (Phi) is 5.74. The van der Waals surface area contributed by atoms with Crippen LogP contribution in [0.25, 0.3) is 0 Å². The molecule has 0 bridgehead atoms. The quantitative estimate of drug-likeness (QED) is 0.874. The van der Waals surface area contributed by atoms with Crippen molar-refractivity contribution in [3.05, 3.63) is 35.4 Å². The predicted molar refractivity (Wildman–Crippen MR) is 81.6 cm³/mol. The van der Waals surface area contributed by atoms with Crippen LogP contribution in [0.2, 0.25) is 0 Å². The normalized spacial score (nSPS) is 12.4. The van der Waals surface area contributed by atoms with Gasteiger partial charge in [-0.05, 0) is 45.4 Å². The average Bonchev–Trinajstić information content (AvgIpc) is 2.43. The van der Waals surface area contributed by atoms with Gasteiger partial charge in [-0.15, -0.1) is 0 Å². The van der Waals surface area contributed by atoms with Gasteiger partial charge in [-0.1, -0.05) is 12.1 Å². The Balaban J connectivity index is 2.74. The first-order chi connectivity index (χ1) is 9.76. The molecule has 0 fully saturated rings. The Hall–Kier alpha value is -2.06. The lowest BCUT2D eigenvalue weighted by Crippen LogP contribution is -2.47. The van der Waals surface area contributed by atoms with Crippen molar-refractivity contribution >= 4 is 6.03 Å². The van der Waals surface area contributed by atoms with E-state index in [0.717, 1.165) is 5.56 Å². The molecule has 21 heavy (non-hydrogen) atoms. The molecule has 0 saturated carbocycles. The highest BCUT2D eigenvalue weighted by Gasteiger charge is 2.22. The highest BCUT2D eigenvalue weighted by atomic mass is 16.3. The standard InChI is InChI=1S/C16H23N3O2/c1-5-19(11-16(3,4)21)15(20)18-12(2)14-8-6-7-13(9-14)10-17/h6-9,12,21H,5,11H2,1-4H3,(H,18,20)/t12-/m1/s1. The van der Waals surface area contributed by atoms with Crippen LogP contribution < -0.4 is 5.32 Å². The molecule has 2 amide bonds. The van der Waals surface area contributed by atoms with Crippen LogP contribution in [0.1, 0.15) is 44.9 Å². The van der Waals surface area contributed by atoms with Gasteiger partial charge in [0.05, 0.1) is 29.8 Å². The third-order valence-corrected chi connectivity index (χ3v) is 3.10. The van der Waals surface area contributed by atoms with Crippen molar-refractivity contribution in [1.29, 1.82) is 5.26 Å². The van der Waals surface area contributed by atoms with E-state index in [-0.39, 0.29) is 18.6 Å². The second-order valence-electron chi connectivity index (χ2n) is 5.74. The van der Waals surface area contributed by atoms with Gasteiger partial charge >= 0.3 is 6.03 Å². The van der Waals surface area contributed by atoms with Gasteiger partial charge in [0.25, 0.3) is 0 Å². The molecule has 0 aliphatic carbocycles. The molecule has 0 aromatic heterocycles. The van der Waals surface area contributed by atoms with Gasteiger partial charge < -0.3 is 15.3 Å². The first kappa shape index (κ1) is 17.0. The van der Waals surface area contributed by atoms with Gasteiger partial charge in [-0.25, -0.2) is 4.79 Å². The van der Waals surface area contributed by atoms with Crippen LogP contribution in [0.5, 0.6) is 0 Å². The molecule has 0 unspecified atom stereocenters. The third-order valence-electron chi connectivity index (χ3n) is 3.10. The van der Waals surface area contributed by atoms with Crippen molar-refractivity contribution in [3.8, 4) is 6.07 Å². The Labute approximate surface area is 126 Å². The highest BCUT2D eigenvalue weighted by molar-refractivity contribution is 5.74. The van der Waals surface area contributed by atoms with Crippen LogP contribution in [-0.4, -0.2) is 34.7 Å². The fourth-order valence-corrected chi connectivity index (χ4v) is 2.03. The lowest BCUT2D eigenvalue weighted by Gasteiger charge is -2.29. The summed E-state index contributed by atoms with van der Waals surface area (Å²) in [5, 5.41) is 21.6. The third kappa shape index (κ3) is 5.44. The van der Waals surface area contributed by atoms with Crippen molar-refractivity contribution in [1.82, 2.24) is 10.2 Å². The Bertz CT molecular complexity index is 529. The number of aliphatic hydroxyl groups is 1. The van der Waals surface area contributed by atoms with Crippen molar-refractivity contribution < 1.29 is 9.90 Å². The SMILES string of the molecule is CCN(CC(C)(C)O)C(=O)N[C@H](C)c1cccc(C#N)c1. The summed E-state index contributed by atoms with van der Waals surface area (Å²) in [7, 11) is 0. The molecular weight excluding hydrogens is 266 g/mol. The Morgan fingerprint density at radius 3 is 2.71 bits per heavy atom. The molecule has 1 aromatic carbocycles. The summed E-state index contributed by atoms with van der Waals surface area (Å²) in [5.41, 5.74) is 0.510. The van der Waals surface area contributed by atoms with Crippen LogP contribution in [0.3, 0.4) is 0 Å². The van der Waals surface area contributed by atoms with Crippen molar-refractivity contribution in [3.63, 3.8) is 0 Å². The van der Waals surface area contributed by atoms with E-state index in [1.54, 1.807) is 36.9 Å². The van der Waals surface area contributed by atoms with E-state index in [4.69, 9.17) is 5.26 Å². The van der Waals surface area contributed by atoms with Crippen molar-refractivity contribution in [2.45, 2.75) is 39.3 Å². The zero-order valence-corrected chi connectivity index (χ0v) is 13.1. The van der Waals surface area contributed by atoms with Crippen LogP contribution in [0.15, 0.2) is 24.3 Å². The number of carbonyl (C=O) groups is 1. The number of urea groups is 1. The minimum Gasteiger partial charge on any atom is -0.389 e. The van der Waals surface area contributed by atoms with E-state index in [2.05, 4.69) is 11.4 Å². The number of amides is 2. The van der Waals surface area contributed by atoms with Crippen molar-refractivity contribution in [2.24, 2.45) is 0 Å². The second kappa shape index (κ2) is 7.09. The number of nitrogens with zero attached hydrogens (tertiary/aromatic N) is 2. The number of hydrogen-bond donors (Lipinski definition) is 2. The zero-order valence-electron chi connectivity index (χ0n) is 13.1. The van der Waals surface area contributed by atoms with Crippen LogP contribution in [0.4, 0.5) is 4.79 Å². The molecule has 0 spiro atoms. The van der Waals surface area contributed by atoms with Crippen LogP contribution >= 0.6 is 0 Å². The maximum atomic E-state index is 12.2. The number of nitriles is 1. The van der Waals surface area contributed by atoms with E-state index in [1.807, 2.05) is 19.9 Å². The Morgan fingerprint density at radius 2 is 2.19 bits per heavy atom. The van der Waals surface area contributed by atoms with Gasteiger partial charge in [0, 0.05) is 6.54 Å². The molecule has 5 nitrogen and oxygen atoms in total. The minimum atomic E-state index is -0.933. The fraction of sp³-hybridized carbons (Fsp3) is 0.500. The molecule has 2 N–H and O–H groups in total. The van der Waals surface area contributed by atoms with Gasteiger partial charge in [0.2, 0.25) is 0 Å². The topological polar surface area (TPSA) is 76.4 Å². The first-order valence-electron chi connectivity index (χ1n) is 7.04. The molecule has 0 aliphatic heterocycles. The number of nitrogens with one attached hydrogen (secondary N) is 1. The lowest BCUT2D eigenvalue weighted by molar-refractivity contribution is 0.0476. The summed E-state index contributed by atoms with van der Waals surface area (Å²) in [6.45, 7) is 7.85. The number of benzene rings is 1. The Morgan fingerprint density at radius 1 is 1.52 bits per heavy atom. The summed E-state index contributed by atoms with van der Waals surface area (Å²) in [4.78, 5) is 13.8. The summed E-state index contributed by atoms with van der Waals surface area (Å²) in [6.07, 6.45) is 0. The van der Waals surface area contributed by atoms with Gasteiger partial charge in [0.1, 0.15) is 0 Å². The molecule has 114 valence electrons. The van der Waals surface area contributed by atoms with Gasteiger partial charge in [-0.2, -0.15) is 5.26 Å². The number of hydrogen-bond acceptors (Lipinski definition) is 3. The number of rotatable bonds is 5. The summed E-state index contributed by atoms with van der Waals surface area (Å²) >= 11 is 0. The zero-order chi connectivity index (χ0) is 16.0. The number of likely N-dealkylation sites (N-methyl/N-ethyl adjacent to an activating group) is 1. The van der Waals surface area contributed by atoms with E-state index in [1.165, 1.54) is 0 Å². The van der Waals surface area contributed by atoms with Gasteiger partial charge in [0.15, 0.2) is 0 Å². The van der Waals surface area contributed by atoms with E-state index < -0.39 is 5.60 Å². The minimum absolute atomic E-state index is 0.207.